The number of hydrogen-bond acceptors (Lipinski definition) is 6. The van der Waals surface area contributed by atoms with Crippen molar-refractivity contribution < 1.29 is 9.53 Å². The van der Waals surface area contributed by atoms with Crippen molar-refractivity contribution in [2.24, 2.45) is 0 Å². The molecule has 0 radical (unpaired) electrons. The molecule has 108 valence electrons. The molecule has 0 saturated heterocycles. The molecule has 2 aromatic rings. The van der Waals surface area contributed by atoms with Gasteiger partial charge in [-0.3, -0.25) is 5.32 Å². The van der Waals surface area contributed by atoms with Crippen LogP contribution in [-0.2, 0) is 24.3 Å². The molecule has 0 atom stereocenters. The average Bonchev–Trinajstić information content (AvgIpc) is 3.06. The van der Waals surface area contributed by atoms with E-state index in [4.69, 9.17) is 4.74 Å². The van der Waals surface area contributed by atoms with Crippen LogP contribution in [0.3, 0.4) is 0 Å². The van der Waals surface area contributed by atoms with Gasteiger partial charge in [0.05, 0.1) is 29.5 Å². The zero-order valence-electron chi connectivity index (χ0n) is 11.3. The lowest BCUT2D eigenvalue weighted by molar-refractivity contribution is 0.182. The maximum atomic E-state index is 11.7. The molecule has 0 spiro atoms. The van der Waals surface area contributed by atoms with Gasteiger partial charge in [-0.2, -0.15) is 0 Å². The van der Waals surface area contributed by atoms with Crippen molar-refractivity contribution in [3.8, 4) is 0 Å². The summed E-state index contributed by atoms with van der Waals surface area (Å²) in [5, 5.41) is 10.9. The summed E-state index contributed by atoms with van der Waals surface area (Å²) in [6.45, 7) is 2.92. The van der Waals surface area contributed by atoms with Gasteiger partial charge in [-0.05, 0) is 6.42 Å². The minimum absolute atomic E-state index is 0.283. The Morgan fingerprint density at radius 1 is 1.30 bits per heavy atom. The molecule has 0 bridgehead atoms. The van der Waals surface area contributed by atoms with E-state index in [2.05, 4.69) is 27.5 Å². The number of aromatic nitrogens is 2. The Morgan fingerprint density at radius 2 is 2.10 bits per heavy atom. The highest BCUT2D eigenvalue weighted by Crippen LogP contribution is 2.15. The van der Waals surface area contributed by atoms with Crippen LogP contribution in [0.5, 0.6) is 0 Å². The molecule has 0 aliphatic heterocycles. The van der Waals surface area contributed by atoms with Gasteiger partial charge in [0.15, 0.2) is 5.13 Å². The van der Waals surface area contributed by atoms with Crippen molar-refractivity contribution in [1.82, 2.24) is 15.3 Å². The summed E-state index contributed by atoms with van der Waals surface area (Å²) in [6.07, 6.45) is 0.915. The largest absolute Gasteiger partial charge is 0.378 e. The molecule has 0 aliphatic carbocycles. The van der Waals surface area contributed by atoms with Crippen LogP contribution in [0.15, 0.2) is 10.8 Å². The van der Waals surface area contributed by atoms with E-state index in [9.17, 15) is 4.79 Å². The normalized spacial score (nSPS) is 10.5. The molecule has 2 heterocycles. The molecule has 8 heteroatoms. The summed E-state index contributed by atoms with van der Waals surface area (Å²) in [4.78, 5) is 20.3. The molecule has 2 N–H and O–H groups in total. The first-order valence-corrected chi connectivity index (χ1v) is 7.88. The Bertz CT molecular complexity index is 567. The fourth-order valence-electron chi connectivity index (χ4n) is 1.48. The summed E-state index contributed by atoms with van der Waals surface area (Å²) < 4.78 is 4.97. The molecule has 0 unspecified atom stereocenters. The first-order chi connectivity index (χ1) is 9.71. The number of methoxy groups -OCH3 is 1. The molecular weight excluding hydrogens is 296 g/mol. The van der Waals surface area contributed by atoms with Gasteiger partial charge in [0.2, 0.25) is 0 Å². The topological polar surface area (TPSA) is 76.1 Å². The molecule has 0 saturated carbocycles. The minimum Gasteiger partial charge on any atom is -0.378 e. The van der Waals surface area contributed by atoms with Gasteiger partial charge in [0.25, 0.3) is 0 Å². The number of carbonyl (C=O) groups is 1. The van der Waals surface area contributed by atoms with Crippen molar-refractivity contribution in [2.45, 2.75) is 26.5 Å². The van der Waals surface area contributed by atoms with Crippen LogP contribution >= 0.6 is 22.7 Å². The number of urea groups is 1. The Kier molecular flexibility index (Phi) is 5.45. The second kappa shape index (κ2) is 7.32. The SMILES string of the molecule is CCc1nc(CNC(=O)Nc2nc(COC)cs2)cs1. The van der Waals surface area contributed by atoms with E-state index in [1.54, 1.807) is 18.4 Å². The lowest BCUT2D eigenvalue weighted by atomic mass is 10.4. The number of anilines is 1. The Labute approximate surface area is 125 Å². The van der Waals surface area contributed by atoms with Crippen LogP contribution in [0.1, 0.15) is 23.3 Å². The van der Waals surface area contributed by atoms with Crippen molar-refractivity contribution >= 4 is 33.8 Å². The Hall–Kier alpha value is -1.51. The fraction of sp³-hybridized carbons (Fsp3) is 0.417. The van der Waals surface area contributed by atoms with E-state index < -0.39 is 0 Å². The zero-order valence-corrected chi connectivity index (χ0v) is 12.9. The van der Waals surface area contributed by atoms with Crippen LogP contribution in [-0.4, -0.2) is 23.1 Å². The quantitative estimate of drug-likeness (QED) is 0.859. The Morgan fingerprint density at radius 3 is 2.80 bits per heavy atom. The minimum atomic E-state index is -0.283. The molecule has 0 fully saturated rings. The standard InChI is InChI=1S/C12H16N4O2S2/c1-3-10-14-8(6-19-10)4-13-11(17)16-12-15-9(5-18-2)7-20-12/h6-7H,3-5H2,1-2H3,(H2,13,15,16,17). The van der Waals surface area contributed by atoms with E-state index >= 15 is 0 Å². The molecular formula is C12H16N4O2S2. The van der Waals surface area contributed by atoms with Gasteiger partial charge in [0, 0.05) is 17.9 Å². The lowest BCUT2D eigenvalue weighted by Gasteiger charge is -2.03. The Balaban J connectivity index is 1.79. The number of nitrogens with one attached hydrogen (secondary N) is 2. The zero-order chi connectivity index (χ0) is 14.4. The van der Waals surface area contributed by atoms with Gasteiger partial charge in [0.1, 0.15) is 0 Å². The second-order valence-corrected chi connectivity index (χ2v) is 5.77. The van der Waals surface area contributed by atoms with Crippen molar-refractivity contribution in [2.75, 3.05) is 12.4 Å². The van der Waals surface area contributed by atoms with E-state index in [1.807, 2.05) is 10.8 Å². The van der Waals surface area contributed by atoms with E-state index in [-0.39, 0.29) is 6.03 Å². The van der Waals surface area contributed by atoms with Gasteiger partial charge >= 0.3 is 6.03 Å². The predicted octanol–water partition coefficient (Wildman–Crippen LogP) is 2.63. The number of hydrogen-bond donors (Lipinski definition) is 2. The third-order valence-electron chi connectivity index (χ3n) is 2.40. The summed E-state index contributed by atoms with van der Waals surface area (Å²) in [5.41, 5.74) is 1.68. The predicted molar refractivity (Wildman–Crippen MR) is 80.2 cm³/mol. The maximum Gasteiger partial charge on any atom is 0.321 e. The van der Waals surface area contributed by atoms with Crippen LogP contribution in [0.2, 0.25) is 0 Å². The van der Waals surface area contributed by atoms with Crippen LogP contribution in [0.4, 0.5) is 9.93 Å². The smallest absolute Gasteiger partial charge is 0.321 e. The fourth-order valence-corrected chi connectivity index (χ4v) is 2.92. The third-order valence-corrected chi connectivity index (χ3v) is 4.24. The lowest BCUT2D eigenvalue weighted by Crippen LogP contribution is -2.28. The number of rotatable bonds is 6. The number of aryl methyl sites for hydroxylation is 1. The third kappa shape index (κ3) is 4.26. The molecule has 2 amide bonds. The highest BCUT2D eigenvalue weighted by Gasteiger charge is 2.07. The number of ether oxygens (including phenoxy) is 1. The summed E-state index contributed by atoms with van der Waals surface area (Å²) in [7, 11) is 1.61. The molecule has 0 aromatic carbocycles. The van der Waals surface area contributed by atoms with Crippen LogP contribution in [0, 0.1) is 0 Å². The molecule has 20 heavy (non-hydrogen) atoms. The van der Waals surface area contributed by atoms with Crippen molar-refractivity contribution in [3.63, 3.8) is 0 Å². The second-order valence-electron chi connectivity index (χ2n) is 3.97. The molecule has 2 rings (SSSR count). The number of nitrogens with zero attached hydrogens (tertiary/aromatic N) is 2. The number of amides is 2. The highest BCUT2D eigenvalue weighted by atomic mass is 32.1. The summed E-state index contributed by atoms with van der Waals surface area (Å²) >= 11 is 2.98. The summed E-state index contributed by atoms with van der Waals surface area (Å²) in [6, 6.07) is -0.283. The van der Waals surface area contributed by atoms with Crippen LogP contribution in [0.25, 0.3) is 0 Å². The van der Waals surface area contributed by atoms with E-state index in [0.29, 0.717) is 18.3 Å². The summed E-state index contributed by atoms with van der Waals surface area (Å²) in [5.74, 6) is 0. The van der Waals surface area contributed by atoms with Crippen molar-refractivity contribution in [3.05, 3.63) is 27.2 Å². The molecule has 2 aromatic heterocycles. The number of thiazole rings is 2. The monoisotopic (exact) mass is 312 g/mol. The van der Waals surface area contributed by atoms with Gasteiger partial charge < -0.3 is 10.1 Å². The molecule has 6 nitrogen and oxygen atoms in total. The maximum absolute atomic E-state index is 11.7. The van der Waals surface area contributed by atoms with Crippen molar-refractivity contribution in [1.29, 1.82) is 0 Å². The van der Waals surface area contributed by atoms with Crippen LogP contribution < -0.4 is 10.6 Å². The van der Waals surface area contributed by atoms with Gasteiger partial charge in [-0.15, -0.1) is 22.7 Å². The first kappa shape index (κ1) is 14.9. The highest BCUT2D eigenvalue weighted by molar-refractivity contribution is 7.13. The number of carbonyl (C=O) groups excluding carboxylic acids is 1. The molecule has 0 aliphatic rings. The van der Waals surface area contributed by atoms with Gasteiger partial charge in [-0.25, -0.2) is 14.8 Å². The van der Waals surface area contributed by atoms with Gasteiger partial charge in [-0.1, -0.05) is 6.92 Å². The average molecular weight is 312 g/mol. The first-order valence-electron chi connectivity index (χ1n) is 6.12. The van der Waals surface area contributed by atoms with E-state index in [1.165, 1.54) is 11.3 Å². The van der Waals surface area contributed by atoms with E-state index in [0.717, 1.165) is 22.8 Å².